The van der Waals surface area contributed by atoms with Crippen molar-refractivity contribution < 1.29 is 49.4 Å². The number of carbonyl (C=O) groups is 4. The summed E-state index contributed by atoms with van der Waals surface area (Å²) in [5.74, 6) is -3.53. The number of hydrogen-bond donors (Lipinski definition) is 5. The number of ether oxygens (including phenoxy) is 1. The second kappa shape index (κ2) is 9.99. The molecule has 10 heteroatoms. The van der Waals surface area contributed by atoms with Crippen molar-refractivity contribution in [3.63, 3.8) is 0 Å². The van der Waals surface area contributed by atoms with Crippen molar-refractivity contribution in [3.05, 3.63) is 0 Å². The summed E-state index contributed by atoms with van der Waals surface area (Å²) in [5.41, 5.74) is 0. The van der Waals surface area contributed by atoms with Crippen LogP contribution in [0.25, 0.3) is 0 Å². The maximum Gasteiger partial charge on any atom is 0.513 e. The zero-order chi connectivity index (χ0) is 14.7. The van der Waals surface area contributed by atoms with Gasteiger partial charge >= 0.3 is 24.1 Å². The molecule has 0 saturated heterocycles. The topological polar surface area (TPSA) is 179 Å². The van der Waals surface area contributed by atoms with Gasteiger partial charge < -0.3 is 30.3 Å². The van der Waals surface area contributed by atoms with Crippen molar-refractivity contribution in [1.29, 1.82) is 0 Å². The van der Waals surface area contributed by atoms with Crippen LogP contribution < -0.4 is 0 Å². The Balaban J connectivity index is 0. The molecule has 0 amide bonds. The summed E-state index contributed by atoms with van der Waals surface area (Å²) in [7, 11) is 0. The van der Waals surface area contributed by atoms with Gasteiger partial charge in [-0.25, -0.2) is 9.59 Å². The fourth-order valence-corrected chi connectivity index (χ4v) is 0.442. The van der Waals surface area contributed by atoms with E-state index in [9.17, 15) is 19.2 Å². The summed E-state index contributed by atoms with van der Waals surface area (Å²) >= 11 is 0. The maximum atomic E-state index is 10.2. The Morgan fingerprint density at radius 1 is 0.944 bits per heavy atom. The number of carbonyl (C=O) groups excluding carboxylic acids is 1. The van der Waals surface area contributed by atoms with Crippen LogP contribution in [0.3, 0.4) is 0 Å². The minimum absolute atomic E-state index is 0.296. The first-order chi connectivity index (χ1) is 8.20. The lowest BCUT2D eigenvalue weighted by molar-refractivity contribution is -0.150. The second-order valence-electron chi connectivity index (χ2n) is 2.67. The highest BCUT2D eigenvalue weighted by Gasteiger charge is 2.17. The van der Waals surface area contributed by atoms with Crippen molar-refractivity contribution in [2.45, 2.75) is 18.9 Å². The van der Waals surface area contributed by atoms with Crippen LogP contribution >= 0.6 is 0 Å². The molecule has 0 bridgehead atoms. The van der Waals surface area contributed by atoms with Crippen LogP contribution in [0, 0.1) is 0 Å². The predicted molar refractivity (Wildman–Crippen MR) is 51.7 cm³/mol. The Kier molecular flexibility index (Phi) is 10.1. The summed E-state index contributed by atoms with van der Waals surface area (Å²) < 4.78 is 3.47. The first-order valence-corrected chi connectivity index (χ1v) is 4.37. The normalized spacial score (nSPS) is 10.6. The summed E-state index contributed by atoms with van der Waals surface area (Å²) in [6.07, 6.45) is -4.18. The third kappa shape index (κ3) is 13.8. The Hall–Kier alpha value is -2.20. The van der Waals surface area contributed by atoms with Crippen LogP contribution in [0.1, 0.15) is 12.8 Å². The number of aliphatic hydroxyl groups excluding tert-OH is 2. The molecule has 0 radical (unpaired) electrons. The molecule has 0 fully saturated rings. The van der Waals surface area contributed by atoms with Crippen LogP contribution in [-0.2, 0) is 19.1 Å². The summed E-state index contributed by atoms with van der Waals surface area (Å²) in [4.78, 5) is 39.0. The highest BCUT2D eigenvalue weighted by molar-refractivity contribution is 5.84. The largest absolute Gasteiger partial charge is 0.513 e. The van der Waals surface area contributed by atoms with E-state index in [1.165, 1.54) is 0 Å². The van der Waals surface area contributed by atoms with E-state index in [1.807, 2.05) is 0 Å². The van der Waals surface area contributed by atoms with Crippen molar-refractivity contribution >= 4 is 24.1 Å². The molecule has 104 valence electrons. The van der Waals surface area contributed by atoms with Gasteiger partial charge in [0, 0.05) is 0 Å². The third-order valence-corrected chi connectivity index (χ3v) is 1.19. The number of esters is 1. The minimum Gasteiger partial charge on any atom is -0.481 e. The van der Waals surface area contributed by atoms with E-state index in [-0.39, 0.29) is 12.8 Å². The highest BCUT2D eigenvalue weighted by Crippen LogP contribution is 1.87. The van der Waals surface area contributed by atoms with Gasteiger partial charge in [0.1, 0.15) is 0 Å². The number of rotatable bonds is 5. The fourth-order valence-electron chi connectivity index (χ4n) is 0.442. The van der Waals surface area contributed by atoms with E-state index in [4.69, 9.17) is 25.5 Å². The molecule has 0 rings (SSSR count). The standard InChI is InChI=1S/C4H6O6.C4H6O4/c5-1-2(6)3(7)10-4(8)9;5-3(6)1-2-4(7)8/h2,5-6H,1H2,(H,8,9);1-2H2,(H,5,6)(H,7,8). The van der Waals surface area contributed by atoms with Gasteiger partial charge in [-0.05, 0) is 0 Å². The van der Waals surface area contributed by atoms with Gasteiger partial charge in [-0.2, -0.15) is 0 Å². The average Bonchev–Trinajstić information content (AvgIpc) is 2.25. The SMILES string of the molecule is O=C(O)CCC(=O)O.O=C(O)OC(=O)C(O)CO. The second-order valence-corrected chi connectivity index (χ2v) is 2.67. The van der Waals surface area contributed by atoms with Crippen LogP contribution in [0.15, 0.2) is 0 Å². The molecule has 0 spiro atoms. The first-order valence-electron chi connectivity index (χ1n) is 4.37. The molecule has 0 heterocycles. The van der Waals surface area contributed by atoms with E-state index < -0.39 is 36.8 Å². The lowest BCUT2D eigenvalue weighted by atomic mass is 10.3. The zero-order valence-corrected chi connectivity index (χ0v) is 8.98. The molecule has 0 aromatic heterocycles. The molecular formula is C8H12O10. The lowest BCUT2D eigenvalue weighted by Crippen LogP contribution is -2.28. The molecule has 10 nitrogen and oxygen atoms in total. The number of carboxylic acid groups (broad SMARTS) is 3. The van der Waals surface area contributed by atoms with Gasteiger partial charge in [-0.15, -0.1) is 0 Å². The highest BCUT2D eigenvalue weighted by atomic mass is 16.7. The van der Waals surface area contributed by atoms with E-state index in [0.29, 0.717) is 0 Å². The molecule has 0 saturated carbocycles. The van der Waals surface area contributed by atoms with Gasteiger partial charge in [0.15, 0.2) is 6.10 Å². The van der Waals surface area contributed by atoms with Crippen molar-refractivity contribution in [2.24, 2.45) is 0 Å². The van der Waals surface area contributed by atoms with E-state index >= 15 is 0 Å². The van der Waals surface area contributed by atoms with Crippen molar-refractivity contribution in [1.82, 2.24) is 0 Å². The summed E-state index contributed by atoms with van der Waals surface area (Å²) in [5, 5.41) is 40.1. The van der Waals surface area contributed by atoms with Gasteiger partial charge in [-0.3, -0.25) is 9.59 Å². The summed E-state index contributed by atoms with van der Waals surface area (Å²) in [6, 6.07) is 0. The quantitative estimate of drug-likeness (QED) is 0.291. The minimum atomic E-state index is -1.81. The number of aliphatic carboxylic acids is 2. The van der Waals surface area contributed by atoms with E-state index in [2.05, 4.69) is 4.74 Å². The number of carboxylic acids is 2. The van der Waals surface area contributed by atoms with Gasteiger partial charge in [0.25, 0.3) is 0 Å². The van der Waals surface area contributed by atoms with Crippen LogP contribution in [0.5, 0.6) is 0 Å². The number of hydrogen-bond acceptors (Lipinski definition) is 7. The molecule has 0 aliphatic heterocycles. The summed E-state index contributed by atoms with van der Waals surface area (Å²) in [6.45, 7) is -0.855. The molecular weight excluding hydrogens is 256 g/mol. The van der Waals surface area contributed by atoms with Crippen molar-refractivity contribution in [2.75, 3.05) is 6.61 Å². The molecule has 0 aliphatic rings. The Bertz CT molecular complexity index is 295. The van der Waals surface area contributed by atoms with Gasteiger partial charge in [-0.1, -0.05) is 0 Å². The van der Waals surface area contributed by atoms with Crippen LogP contribution in [0.2, 0.25) is 0 Å². The van der Waals surface area contributed by atoms with E-state index in [0.717, 1.165) is 0 Å². The predicted octanol–water partition coefficient (Wildman–Crippen LogP) is -1.50. The molecule has 0 aliphatic carbocycles. The van der Waals surface area contributed by atoms with Crippen molar-refractivity contribution in [3.8, 4) is 0 Å². The molecule has 1 atom stereocenters. The average molecular weight is 268 g/mol. The van der Waals surface area contributed by atoms with Crippen LogP contribution in [-0.4, -0.2) is 62.3 Å². The molecule has 1 unspecified atom stereocenters. The molecule has 5 N–H and O–H groups in total. The smallest absolute Gasteiger partial charge is 0.481 e. The van der Waals surface area contributed by atoms with E-state index in [1.54, 1.807) is 0 Å². The molecule has 0 aromatic carbocycles. The Morgan fingerprint density at radius 2 is 1.33 bits per heavy atom. The Labute approximate surface area is 100 Å². The van der Waals surface area contributed by atoms with Gasteiger partial charge in [0.2, 0.25) is 0 Å². The van der Waals surface area contributed by atoms with Gasteiger partial charge in [0.05, 0.1) is 19.4 Å². The number of aliphatic hydroxyl groups is 2. The first kappa shape index (κ1) is 18.2. The zero-order valence-electron chi connectivity index (χ0n) is 8.98. The van der Waals surface area contributed by atoms with Crippen LogP contribution in [0.4, 0.5) is 4.79 Å². The third-order valence-electron chi connectivity index (χ3n) is 1.19. The molecule has 18 heavy (non-hydrogen) atoms. The lowest BCUT2D eigenvalue weighted by Gasteiger charge is -2.01. The monoisotopic (exact) mass is 268 g/mol. The fraction of sp³-hybridized carbons (Fsp3) is 0.500. The Morgan fingerprint density at radius 3 is 1.56 bits per heavy atom. The molecule has 0 aromatic rings. The maximum absolute atomic E-state index is 10.2.